The number of hydrogen-bond acceptors (Lipinski definition) is 5. The van der Waals surface area contributed by atoms with E-state index in [1.54, 1.807) is 14.2 Å². The lowest BCUT2D eigenvalue weighted by Crippen LogP contribution is -2.00. The van der Waals surface area contributed by atoms with Crippen molar-refractivity contribution in [2.75, 3.05) is 19.5 Å². The van der Waals surface area contributed by atoms with E-state index in [0.717, 1.165) is 0 Å². The van der Waals surface area contributed by atoms with Crippen LogP contribution in [0.4, 0.5) is 14.6 Å². The molecule has 2 rings (SSSR count). The van der Waals surface area contributed by atoms with E-state index in [9.17, 15) is 8.78 Å². The zero-order chi connectivity index (χ0) is 11.7. The summed E-state index contributed by atoms with van der Waals surface area (Å²) in [5, 5.41) is 7.50. The maximum Gasteiger partial charge on any atom is 0.284 e. The second-order valence-electron chi connectivity index (χ2n) is 3.02. The summed E-state index contributed by atoms with van der Waals surface area (Å²) >= 11 is 1.23. The fourth-order valence-electron chi connectivity index (χ4n) is 1.37. The normalized spacial score (nSPS) is 11.6. The zero-order valence-electron chi connectivity index (χ0n) is 8.70. The Kier molecular flexibility index (Phi) is 3.01. The standard InChI is InChI=1S/C8H10F2N4OS/c1-11-7-5(6(9)10)12-8-14(7)13-4(16-8)3-15-2/h6,11H,3H2,1-2H3. The Morgan fingerprint density at radius 2 is 2.31 bits per heavy atom. The van der Waals surface area contributed by atoms with Crippen molar-refractivity contribution in [3.05, 3.63) is 10.7 Å². The Hall–Kier alpha value is -1.28. The Morgan fingerprint density at radius 1 is 1.56 bits per heavy atom. The lowest BCUT2D eigenvalue weighted by molar-refractivity contribution is 0.147. The molecule has 0 saturated carbocycles. The van der Waals surface area contributed by atoms with Gasteiger partial charge in [0.1, 0.15) is 5.01 Å². The fourth-order valence-corrected chi connectivity index (χ4v) is 2.24. The Labute approximate surface area is 94.1 Å². The number of alkyl halides is 2. The highest BCUT2D eigenvalue weighted by Gasteiger charge is 2.22. The van der Waals surface area contributed by atoms with Gasteiger partial charge in [-0.2, -0.15) is 9.61 Å². The van der Waals surface area contributed by atoms with E-state index in [1.165, 1.54) is 15.9 Å². The largest absolute Gasteiger partial charge is 0.377 e. The molecule has 16 heavy (non-hydrogen) atoms. The Morgan fingerprint density at radius 3 is 2.88 bits per heavy atom. The van der Waals surface area contributed by atoms with Crippen LogP contribution >= 0.6 is 11.3 Å². The van der Waals surface area contributed by atoms with Gasteiger partial charge in [-0.3, -0.25) is 0 Å². The summed E-state index contributed by atoms with van der Waals surface area (Å²) in [6.45, 7) is 0.348. The number of methoxy groups -OCH3 is 1. The quantitative estimate of drug-likeness (QED) is 0.898. The number of anilines is 1. The highest BCUT2D eigenvalue weighted by molar-refractivity contribution is 7.16. The number of ether oxygens (including phenoxy) is 1. The average Bonchev–Trinajstić information content (AvgIpc) is 2.74. The smallest absolute Gasteiger partial charge is 0.284 e. The number of hydrogen-bond donors (Lipinski definition) is 1. The third kappa shape index (κ3) is 1.74. The predicted molar refractivity (Wildman–Crippen MR) is 56.1 cm³/mol. The van der Waals surface area contributed by atoms with Gasteiger partial charge in [-0.25, -0.2) is 13.8 Å². The van der Waals surface area contributed by atoms with E-state index in [-0.39, 0.29) is 11.5 Å². The second-order valence-corrected chi connectivity index (χ2v) is 4.06. The number of nitrogens with one attached hydrogen (secondary N) is 1. The van der Waals surface area contributed by atoms with Crippen molar-refractivity contribution in [1.82, 2.24) is 14.6 Å². The van der Waals surface area contributed by atoms with Crippen LogP contribution in [0.25, 0.3) is 4.96 Å². The molecular weight excluding hydrogens is 238 g/mol. The number of imidazole rings is 1. The van der Waals surface area contributed by atoms with Crippen LogP contribution in [-0.4, -0.2) is 28.8 Å². The number of halogens is 2. The summed E-state index contributed by atoms with van der Waals surface area (Å²) in [4.78, 5) is 4.27. The molecule has 2 aromatic heterocycles. The molecule has 0 amide bonds. The molecule has 0 bridgehead atoms. The summed E-state index contributed by atoms with van der Waals surface area (Å²) in [5.41, 5.74) is -0.273. The average molecular weight is 248 g/mol. The summed E-state index contributed by atoms with van der Waals surface area (Å²) < 4.78 is 31.5. The minimum Gasteiger partial charge on any atom is -0.377 e. The molecule has 0 aromatic carbocycles. The van der Waals surface area contributed by atoms with Crippen molar-refractivity contribution in [3.8, 4) is 0 Å². The topological polar surface area (TPSA) is 51.5 Å². The van der Waals surface area contributed by atoms with Gasteiger partial charge in [-0.1, -0.05) is 11.3 Å². The van der Waals surface area contributed by atoms with Crippen LogP contribution in [0.5, 0.6) is 0 Å². The van der Waals surface area contributed by atoms with Crippen LogP contribution in [0.1, 0.15) is 17.1 Å². The highest BCUT2D eigenvalue weighted by atomic mass is 32.1. The summed E-state index contributed by atoms with van der Waals surface area (Å²) in [6.07, 6.45) is -2.61. The first-order chi connectivity index (χ1) is 7.67. The summed E-state index contributed by atoms with van der Waals surface area (Å²) in [7, 11) is 3.11. The number of nitrogens with zero attached hydrogens (tertiary/aromatic N) is 3. The molecule has 1 N–H and O–H groups in total. The van der Waals surface area contributed by atoms with Crippen molar-refractivity contribution in [2.24, 2.45) is 0 Å². The fraction of sp³-hybridized carbons (Fsp3) is 0.500. The Balaban J connectivity index is 2.51. The molecule has 5 nitrogen and oxygen atoms in total. The van der Waals surface area contributed by atoms with Gasteiger partial charge >= 0.3 is 0 Å². The van der Waals surface area contributed by atoms with E-state index in [0.29, 0.717) is 16.6 Å². The molecule has 0 radical (unpaired) electrons. The van der Waals surface area contributed by atoms with Crippen molar-refractivity contribution >= 4 is 22.1 Å². The van der Waals surface area contributed by atoms with E-state index in [4.69, 9.17) is 4.74 Å². The molecule has 0 aliphatic carbocycles. The van der Waals surface area contributed by atoms with Gasteiger partial charge in [0, 0.05) is 14.2 Å². The third-order valence-electron chi connectivity index (χ3n) is 1.98. The lowest BCUT2D eigenvalue weighted by atomic mass is 10.4. The first kappa shape index (κ1) is 11.2. The first-order valence-corrected chi connectivity index (χ1v) is 5.32. The van der Waals surface area contributed by atoms with Gasteiger partial charge in [0.2, 0.25) is 4.96 Å². The molecule has 2 heterocycles. The van der Waals surface area contributed by atoms with Crippen LogP contribution < -0.4 is 5.32 Å². The summed E-state index contributed by atoms with van der Waals surface area (Å²) in [6, 6.07) is 0. The van der Waals surface area contributed by atoms with Crippen LogP contribution in [0, 0.1) is 0 Å². The SMILES string of the molecule is CNc1c(C(F)F)nc2sc(COC)nn12. The molecular formula is C8H10F2N4OS. The molecule has 0 saturated heterocycles. The second kappa shape index (κ2) is 4.30. The first-order valence-electron chi connectivity index (χ1n) is 4.50. The molecule has 0 aliphatic heterocycles. The predicted octanol–water partition coefficient (Wildman–Crippen LogP) is 1.92. The maximum absolute atomic E-state index is 12.6. The Bertz CT molecular complexity index is 495. The number of rotatable bonds is 4. The van der Waals surface area contributed by atoms with Crippen molar-refractivity contribution in [3.63, 3.8) is 0 Å². The number of fused-ring (bicyclic) bond motifs is 1. The minimum atomic E-state index is -2.61. The number of aromatic nitrogens is 3. The van der Waals surface area contributed by atoms with Crippen molar-refractivity contribution in [2.45, 2.75) is 13.0 Å². The molecule has 0 aliphatic rings. The molecule has 0 unspecified atom stereocenters. The van der Waals surface area contributed by atoms with Gasteiger partial charge < -0.3 is 10.1 Å². The lowest BCUT2D eigenvalue weighted by Gasteiger charge is -2.00. The van der Waals surface area contributed by atoms with E-state index >= 15 is 0 Å². The molecule has 0 fully saturated rings. The molecule has 0 spiro atoms. The molecule has 88 valence electrons. The van der Waals surface area contributed by atoms with Gasteiger partial charge in [-0.15, -0.1) is 0 Å². The van der Waals surface area contributed by atoms with Crippen LogP contribution in [-0.2, 0) is 11.3 Å². The van der Waals surface area contributed by atoms with Gasteiger partial charge in [-0.05, 0) is 0 Å². The van der Waals surface area contributed by atoms with Gasteiger partial charge in [0.05, 0.1) is 6.61 Å². The van der Waals surface area contributed by atoms with E-state index in [2.05, 4.69) is 15.4 Å². The van der Waals surface area contributed by atoms with Crippen molar-refractivity contribution in [1.29, 1.82) is 0 Å². The molecule has 8 heteroatoms. The highest BCUT2D eigenvalue weighted by Crippen LogP contribution is 2.29. The zero-order valence-corrected chi connectivity index (χ0v) is 9.52. The monoisotopic (exact) mass is 248 g/mol. The van der Waals surface area contributed by atoms with Crippen LogP contribution in [0.3, 0.4) is 0 Å². The summed E-state index contributed by atoms with van der Waals surface area (Å²) in [5.74, 6) is 0.226. The van der Waals surface area contributed by atoms with Crippen LogP contribution in [0.2, 0.25) is 0 Å². The molecule has 2 aromatic rings. The minimum absolute atomic E-state index is 0.226. The van der Waals surface area contributed by atoms with Gasteiger partial charge in [0.15, 0.2) is 11.5 Å². The van der Waals surface area contributed by atoms with E-state index in [1.807, 2.05) is 0 Å². The molecule has 0 atom stereocenters. The van der Waals surface area contributed by atoms with Crippen molar-refractivity contribution < 1.29 is 13.5 Å². The third-order valence-corrected chi connectivity index (χ3v) is 2.87. The maximum atomic E-state index is 12.6. The van der Waals surface area contributed by atoms with E-state index < -0.39 is 6.43 Å². The van der Waals surface area contributed by atoms with Gasteiger partial charge in [0.25, 0.3) is 6.43 Å². The van der Waals surface area contributed by atoms with Crippen LogP contribution in [0.15, 0.2) is 0 Å².